The quantitative estimate of drug-likeness (QED) is 0.769. The van der Waals surface area contributed by atoms with Gasteiger partial charge in [-0.25, -0.2) is 0 Å². The number of carbonyl (C=O) groups is 1. The molecule has 0 atom stereocenters. The average Bonchev–Trinajstić information content (AvgIpc) is 3.16. The Morgan fingerprint density at radius 1 is 1.14 bits per heavy atom. The number of ether oxygens (including phenoxy) is 2. The summed E-state index contributed by atoms with van der Waals surface area (Å²) in [7, 11) is 3.27. The number of anilines is 1. The average molecular weight is 401 g/mol. The monoisotopic (exact) mass is 400 g/mol. The molecule has 1 aromatic heterocycles. The molecule has 1 saturated heterocycles. The first-order chi connectivity index (χ1) is 13.6. The normalized spacial score (nSPS) is 15.0. The van der Waals surface area contributed by atoms with E-state index in [4.69, 9.17) is 14.7 Å². The van der Waals surface area contributed by atoms with E-state index in [2.05, 4.69) is 27.3 Å². The van der Waals surface area contributed by atoms with Crippen molar-refractivity contribution in [1.82, 2.24) is 9.80 Å². The molecule has 0 radical (unpaired) electrons. The predicted octanol–water partition coefficient (Wildman–Crippen LogP) is 2.39. The van der Waals surface area contributed by atoms with Crippen molar-refractivity contribution in [3.63, 3.8) is 0 Å². The van der Waals surface area contributed by atoms with Gasteiger partial charge in [0.05, 0.1) is 26.3 Å². The van der Waals surface area contributed by atoms with E-state index in [9.17, 15) is 4.79 Å². The fraction of sp³-hybridized carbons (Fsp3) is 0.400. The molecule has 148 valence electrons. The fourth-order valence-electron chi connectivity index (χ4n) is 3.21. The van der Waals surface area contributed by atoms with Crippen molar-refractivity contribution < 1.29 is 14.3 Å². The Morgan fingerprint density at radius 3 is 2.54 bits per heavy atom. The second-order valence-electron chi connectivity index (χ2n) is 6.57. The number of hydrogen-bond donors (Lipinski definition) is 1. The molecule has 0 unspecified atom stereocenters. The lowest BCUT2D eigenvalue weighted by molar-refractivity contribution is -0.117. The van der Waals surface area contributed by atoms with Crippen LogP contribution in [0, 0.1) is 11.3 Å². The van der Waals surface area contributed by atoms with Gasteiger partial charge in [0.15, 0.2) is 11.5 Å². The number of hydrogen-bond acceptors (Lipinski definition) is 7. The van der Waals surface area contributed by atoms with Gasteiger partial charge in [0.1, 0.15) is 11.1 Å². The van der Waals surface area contributed by atoms with E-state index in [1.807, 2.05) is 12.1 Å². The molecule has 1 aliphatic heterocycles. The van der Waals surface area contributed by atoms with Crippen LogP contribution in [0.2, 0.25) is 0 Å². The van der Waals surface area contributed by atoms with E-state index in [1.54, 1.807) is 25.7 Å². The van der Waals surface area contributed by atoms with Crippen LogP contribution in [0.4, 0.5) is 5.00 Å². The topological polar surface area (TPSA) is 77.8 Å². The van der Waals surface area contributed by atoms with Gasteiger partial charge >= 0.3 is 0 Å². The van der Waals surface area contributed by atoms with Crippen LogP contribution in [0.5, 0.6) is 11.5 Å². The van der Waals surface area contributed by atoms with Crippen LogP contribution in [0.3, 0.4) is 0 Å². The Labute approximate surface area is 169 Å². The number of carbonyl (C=O) groups excluding carboxylic acids is 1. The minimum absolute atomic E-state index is 0.0766. The van der Waals surface area contributed by atoms with Crippen LogP contribution in [0.1, 0.15) is 11.1 Å². The first-order valence-corrected chi connectivity index (χ1v) is 9.94. The smallest absolute Gasteiger partial charge is 0.239 e. The van der Waals surface area contributed by atoms with E-state index in [1.165, 1.54) is 16.9 Å². The zero-order chi connectivity index (χ0) is 19.9. The summed E-state index contributed by atoms with van der Waals surface area (Å²) in [5.74, 6) is 1.39. The Bertz CT molecular complexity index is 853. The van der Waals surface area contributed by atoms with Gasteiger partial charge in [-0.3, -0.25) is 14.6 Å². The van der Waals surface area contributed by atoms with Crippen molar-refractivity contribution in [2.24, 2.45) is 0 Å². The van der Waals surface area contributed by atoms with Gasteiger partial charge in [0.25, 0.3) is 0 Å². The third kappa shape index (κ3) is 5.01. The molecule has 28 heavy (non-hydrogen) atoms. The summed E-state index contributed by atoms with van der Waals surface area (Å²) in [5.41, 5.74) is 1.68. The summed E-state index contributed by atoms with van der Waals surface area (Å²) in [4.78, 5) is 16.8. The number of thiophene rings is 1. The molecule has 1 fully saturated rings. The second kappa shape index (κ2) is 9.55. The molecule has 3 rings (SSSR count). The SMILES string of the molecule is COc1ccc(CN2CCN(CC(=O)Nc3sccc3C#N)CC2)cc1OC. The summed E-state index contributed by atoms with van der Waals surface area (Å²) in [6, 6.07) is 9.79. The lowest BCUT2D eigenvalue weighted by atomic mass is 10.1. The molecule has 0 bridgehead atoms. The lowest BCUT2D eigenvalue weighted by Gasteiger charge is -2.34. The van der Waals surface area contributed by atoms with Crippen LogP contribution in [0.15, 0.2) is 29.6 Å². The van der Waals surface area contributed by atoms with Crippen molar-refractivity contribution in [1.29, 1.82) is 5.26 Å². The Hall–Kier alpha value is -2.60. The Morgan fingerprint density at radius 2 is 1.86 bits per heavy atom. The highest BCUT2D eigenvalue weighted by Crippen LogP contribution is 2.28. The zero-order valence-corrected chi connectivity index (χ0v) is 16.9. The van der Waals surface area contributed by atoms with Crippen LogP contribution in [-0.4, -0.2) is 62.7 Å². The molecular weight excluding hydrogens is 376 g/mol. The molecule has 0 saturated carbocycles. The minimum Gasteiger partial charge on any atom is -0.493 e. The van der Waals surface area contributed by atoms with E-state index in [0.717, 1.165) is 44.2 Å². The van der Waals surface area contributed by atoms with Gasteiger partial charge in [-0.05, 0) is 29.1 Å². The van der Waals surface area contributed by atoms with Crippen molar-refractivity contribution in [2.45, 2.75) is 6.54 Å². The van der Waals surface area contributed by atoms with Crippen molar-refractivity contribution >= 4 is 22.2 Å². The van der Waals surface area contributed by atoms with E-state index in [0.29, 0.717) is 17.1 Å². The van der Waals surface area contributed by atoms with E-state index >= 15 is 0 Å². The summed E-state index contributed by atoms with van der Waals surface area (Å²) < 4.78 is 10.7. The number of benzene rings is 1. The maximum Gasteiger partial charge on any atom is 0.239 e. The summed E-state index contributed by atoms with van der Waals surface area (Å²) in [6.07, 6.45) is 0. The minimum atomic E-state index is -0.0766. The molecule has 1 amide bonds. The van der Waals surface area contributed by atoms with Gasteiger partial charge in [-0.2, -0.15) is 5.26 Å². The molecule has 0 spiro atoms. The first kappa shape index (κ1) is 20.1. The standard InChI is InChI=1S/C20H24N4O3S/c1-26-17-4-3-15(11-18(17)27-2)13-23-6-8-24(9-7-23)14-19(25)22-20-16(12-21)5-10-28-20/h3-5,10-11H,6-9,13-14H2,1-2H3,(H,22,25). The number of piperazine rings is 1. The summed E-state index contributed by atoms with van der Waals surface area (Å²) in [6.45, 7) is 4.62. The number of methoxy groups -OCH3 is 2. The zero-order valence-electron chi connectivity index (χ0n) is 16.1. The summed E-state index contributed by atoms with van der Waals surface area (Å²) in [5, 5.41) is 14.3. The summed E-state index contributed by atoms with van der Waals surface area (Å²) >= 11 is 1.37. The highest BCUT2D eigenvalue weighted by molar-refractivity contribution is 7.14. The maximum absolute atomic E-state index is 12.3. The van der Waals surface area contributed by atoms with Gasteiger partial charge in [0, 0.05) is 32.7 Å². The second-order valence-corrected chi connectivity index (χ2v) is 7.48. The number of nitriles is 1. The molecule has 8 heteroatoms. The molecule has 0 aliphatic carbocycles. The maximum atomic E-state index is 12.3. The van der Waals surface area contributed by atoms with Gasteiger partial charge in [0.2, 0.25) is 5.91 Å². The van der Waals surface area contributed by atoms with Crippen LogP contribution in [0.25, 0.3) is 0 Å². The van der Waals surface area contributed by atoms with Crippen molar-refractivity contribution in [3.8, 4) is 17.6 Å². The number of nitrogens with zero attached hydrogens (tertiary/aromatic N) is 3. The van der Waals surface area contributed by atoms with Crippen LogP contribution in [-0.2, 0) is 11.3 Å². The predicted molar refractivity (Wildman–Crippen MR) is 109 cm³/mol. The molecule has 2 heterocycles. The van der Waals surface area contributed by atoms with Gasteiger partial charge in [-0.15, -0.1) is 11.3 Å². The molecule has 1 N–H and O–H groups in total. The molecule has 1 aliphatic rings. The lowest BCUT2D eigenvalue weighted by Crippen LogP contribution is -2.48. The number of nitrogens with one attached hydrogen (secondary N) is 1. The fourth-order valence-corrected chi connectivity index (χ4v) is 3.96. The Balaban J connectivity index is 1.47. The highest BCUT2D eigenvalue weighted by Gasteiger charge is 2.20. The van der Waals surface area contributed by atoms with E-state index < -0.39 is 0 Å². The third-order valence-corrected chi connectivity index (χ3v) is 5.55. The van der Waals surface area contributed by atoms with Crippen LogP contribution < -0.4 is 14.8 Å². The van der Waals surface area contributed by atoms with E-state index in [-0.39, 0.29) is 5.91 Å². The molecule has 2 aromatic rings. The van der Waals surface area contributed by atoms with Crippen molar-refractivity contribution in [3.05, 3.63) is 40.8 Å². The number of amides is 1. The van der Waals surface area contributed by atoms with Gasteiger partial charge in [-0.1, -0.05) is 6.07 Å². The molecular formula is C20H24N4O3S. The highest BCUT2D eigenvalue weighted by atomic mass is 32.1. The number of rotatable bonds is 7. The molecule has 1 aromatic carbocycles. The Kier molecular flexibility index (Phi) is 6.87. The largest absolute Gasteiger partial charge is 0.493 e. The first-order valence-electron chi connectivity index (χ1n) is 9.06. The van der Waals surface area contributed by atoms with Crippen molar-refractivity contribution in [2.75, 3.05) is 52.3 Å². The van der Waals surface area contributed by atoms with Crippen LogP contribution >= 0.6 is 11.3 Å². The van der Waals surface area contributed by atoms with Gasteiger partial charge < -0.3 is 14.8 Å². The third-order valence-electron chi connectivity index (χ3n) is 4.72. The molecule has 7 nitrogen and oxygen atoms in total.